The summed E-state index contributed by atoms with van der Waals surface area (Å²) in [6, 6.07) is 8.99. The summed E-state index contributed by atoms with van der Waals surface area (Å²) in [7, 11) is 0. The van der Waals surface area contributed by atoms with Gasteiger partial charge in [0.25, 0.3) is 0 Å². The molecule has 1 heterocycles. The fourth-order valence-electron chi connectivity index (χ4n) is 2.29. The van der Waals surface area contributed by atoms with Crippen molar-refractivity contribution in [1.82, 2.24) is 14.9 Å². The minimum Gasteiger partial charge on any atom is -0.389 e. The quantitative estimate of drug-likeness (QED) is 0.884. The molecule has 0 unspecified atom stereocenters. The summed E-state index contributed by atoms with van der Waals surface area (Å²) < 4.78 is 0. The maximum atomic E-state index is 12.3. The van der Waals surface area contributed by atoms with Crippen molar-refractivity contribution in [3.05, 3.63) is 42.2 Å². The van der Waals surface area contributed by atoms with Crippen molar-refractivity contribution in [1.29, 1.82) is 0 Å². The molecule has 0 aliphatic rings. The number of anilines is 1. The molecule has 0 bridgehead atoms. The van der Waals surface area contributed by atoms with Gasteiger partial charge in [-0.15, -0.1) is 0 Å². The highest BCUT2D eigenvalue weighted by Crippen LogP contribution is 2.18. The van der Waals surface area contributed by atoms with Crippen molar-refractivity contribution in [3.63, 3.8) is 0 Å². The van der Waals surface area contributed by atoms with Gasteiger partial charge in [-0.2, -0.15) is 0 Å². The van der Waals surface area contributed by atoms with E-state index in [0.717, 1.165) is 11.3 Å². The summed E-state index contributed by atoms with van der Waals surface area (Å²) in [5.74, 6) is 0.657. The normalized spacial score (nSPS) is 11.2. The van der Waals surface area contributed by atoms with E-state index in [1.54, 1.807) is 24.9 Å². The molecule has 0 aliphatic carbocycles. The predicted molar refractivity (Wildman–Crippen MR) is 94.8 cm³/mol. The summed E-state index contributed by atoms with van der Waals surface area (Å²) >= 11 is 0. The molecule has 2 amide bonds. The van der Waals surface area contributed by atoms with E-state index in [2.05, 4.69) is 15.3 Å². The van der Waals surface area contributed by atoms with E-state index in [4.69, 9.17) is 0 Å². The first kappa shape index (κ1) is 17.9. The molecule has 1 aromatic heterocycles. The van der Waals surface area contributed by atoms with Gasteiger partial charge in [0.15, 0.2) is 5.82 Å². The fourth-order valence-corrected chi connectivity index (χ4v) is 2.29. The third-order valence-electron chi connectivity index (χ3n) is 3.44. The number of amides is 2. The van der Waals surface area contributed by atoms with Crippen LogP contribution in [0.15, 0.2) is 36.5 Å². The molecule has 2 N–H and O–H groups in total. The number of aliphatic hydroxyl groups is 1. The van der Waals surface area contributed by atoms with Gasteiger partial charge in [-0.25, -0.2) is 14.8 Å². The highest BCUT2D eigenvalue weighted by atomic mass is 16.3. The van der Waals surface area contributed by atoms with Crippen molar-refractivity contribution in [3.8, 4) is 11.4 Å². The highest BCUT2D eigenvalue weighted by molar-refractivity contribution is 5.89. The standard InChI is InChI=1S/C18H24N4O2/c1-5-22(12-18(3,4)24)17(23)21-15-8-6-14(7-9-15)16-19-11-10-13(2)20-16/h6-11,24H,5,12H2,1-4H3,(H,21,23). The zero-order valence-corrected chi connectivity index (χ0v) is 14.6. The lowest BCUT2D eigenvalue weighted by molar-refractivity contribution is 0.0501. The number of rotatable bonds is 5. The Kier molecular flexibility index (Phi) is 5.51. The molecule has 0 fully saturated rings. The number of hydrogen-bond donors (Lipinski definition) is 2. The van der Waals surface area contributed by atoms with Gasteiger partial charge in [0.05, 0.1) is 12.1 Å². The first-order valence-corrected chi connectivity index (χ1v) is 7.97. The van der Waals surface area contributed by atoms with E-state index in [1.807, 2.05) is 44.2 Å². The van der Waals surface area contributed by atoms with Crippen LogP contribution in [0.3, 0.4) is 0 Å². The van der Waals surface area contributed by atoms with E-state index in [1.165, 1.54) is 0 Å². The Morgan fingerprint density at radius 2 is 1.92 bits per heavy atom. The third-order valence-corrected chi connectivity index (χ3v) is 3.44. The number of benzene rings is 1. The molecular weight excluding hydrogens is 304 g/mol. The van der Waals surface area contributed by atoms with Gasteiger partial charge in [0.1, 0.15) is 0 Å². The van der Waals surface area contributed by atoms with Crippen molar-refractivity contribution >= 4 is 11.7 Å². The van der Waals surface area contributed by atoms with Crippen molar-refractivity contribution in [2.75, 3.05) is 18.4 Å². The number of aryl methyl sites for hydroxylation is 1. The largest absolute Gasteiger partial charge is 0.389 e. The van der Waals surface area contributed by atoms with Gasteiger partial charge in [0.2, 0.25) is 0 Å². The number of likely N-dealkylation sites (N-methyl/N-ethyl adjacent to an activating group) is 1. The SMILES string of the molecule is CCN(CC(C)(C)O)C(=O)Nc1ccc(-c2nccc(C)n2)cc1. The number of nitrogens with one attached hydrogen (secondary N) is 1. The van der Waals surface area contributed by atoms with Gasteiger partial charge in [-0.3, -0.25) is 0 Å². The molecule has 1 aromatic carbocycles. The van der Waals surface area contributed by atoms with Gasteiger partial charge in [-0.1, -0.05) is 0 Å². The van der Waals surface area contributed by atoms with Crippen LogP contribution in [-0.2, 0) is 0 Å². The van der Waals surface area contributed by atoms with Gasteiger partial charge >= 0.3 is 6.03 Å². The Morgan fingerprint density at radius 3 is 2.46 bits per heavy atom. The van der Waals surface area contributed by atoms with Crippen LogP contribution in [0.2, 0.25) is 0 Å². The summed E-state index contributed by atoms with van der Waals surface area (Å²) in [6.45, 7) is 7.94. The Hall–Kier alpha value is -2.47. The molecule has 0 saturated heterocycles. The second kappa shape index (κ2) is 7.40. The minimum absolute atomic E-state index is 0.237. The van der Waals surface area contributed by atoms with Crippen LogP contribution in [0.1, 0.15) is 26.5 Å². The molecular formula is C18H24N4O2. The van der Waals surface area contributed by atoms with Gasteiger partial charge in [0, 0.05) is 29.7 Å². The number of aromatic nitrogens is 2. The molecule has 0 saturated carbocycles. The van der Waals surface area contributed by atoms with Gasteiger partial charge in [-0.05, 0) is 58.0 Å². The molecule has 6 nitrogen and oxygen atoms in total. The second-order valence-corrected chi connectivity index (χ2v) is 6.36. The molecule has 2 rings (SSSR count). The number of nitrogens with zero attached hydrogens (tertiary/aromatic N) is 3. The van der Waals surface area contributed by atoms with Crippen molar-refractivity contribution in [2.45, 2.75) is 33.3 Å². The second-order valence-electron chi connectivity index (χ2n) is 6.36. The first-order valence-electron chi connectivity index (χ1n) is 7.97. The maximum Gasteiger partial charge on any atom is 0.321 e. The minimum atomic E-state index is -0.931. The highest BCUT2D eigenvalue weighted by Gasteiger charge is 2.21. The predicted octanol–water partition coefficient (Wildman–Crippen LogP) is 3.08. The zero-order chi connectivity index (χ0) is 17.7. The summed E-state index contributed by atoms with van der Waals surface area (Å²) in [5.41, 5.74) is 1.55. The smallest absolute Gasteiger partial charge is 0.321 e. The summed E-state index contributed by atoms with van der Waals surface area (Å²) in [6.07, 6.45) is 1.73. The number of carbonyl (C=O) groups is 1. The Bertz CT molecular complexity index is 693. The lowest BCUT2D eigenvalue weighted by Gasteiger charge is -2.28. The Labute approximate surface area is 142 Å². The van der Waals surface area contributed by atoms with Crippen molar-refractivity contribution < 1.29 is 9.90 Å². The monoisotopic (exact) mass is 328 g/mol. The van der Waals surface area contributed by atoms with Crippen LogP contribution in [0.5, 0.6) is 0 Å². The topological polar surface area (TPSA) is 78.4 Å². The lowest BCUT2D eigenvalue weighted by Crippen LogP contribution is -2.44. The molecule has 0 atom stereocenters. The van der Waals surface area contributed by atoms with E-state index >= 15 is 0 Å². The molecule has 0 spiro atoms. The van der Waals surface area contributed by atoms with Crippen LogP contribution in [0.4, 0.5) is 10.5 Å². The number of hydrogen-bond acceptors (Lipinski definition) is 4. The third kappa shape index (κ3) is 5.03. The lowest BCUT2D eigenvalue weighted by atomic mass is 10.1. The first-order chi connectivity index (χ1) is 11.3. The zero-order valence-electron chi connectivity index (χ0n) is 14.6. The van der Waals surface area contributed by atoms with E-state index in [0.29, 0.717) is 18.1 Å². The number of carbonyl (C=O) groups excluding carboxylic acids is 1. The van der Waals surface area contributed by atoms with Crippen LogP contribution >= 0.6 is 0 Å². The van der Waals surface area contributed by atoms with E-state index in [9.17, 15) is 9.90 Å². The molecule has 24 heavy (non-hydrogen) atoms. The Balaban J connectivity index is 2.07. The van der Waals surface area contributed by atoms with E-state index < -0.39 is 5.60 Å². The van der Waals surface area contributed by atoms with E-state index in [-0.39, 0.29) is 12.6 Å². The van der Waals surface area contributed by atoms with Crippen LogP contribution in [0, 0.1) is 6.92 Å². The molecule has 128 valence electrons. The average Bonchev–Trinajstić information content (AvgIpc) is 2.52. The molecule has 0 radical (unpaired) electrons. The van der Waals surface area contributed by atoms with Crippen LogP contribution in [-0.4, -0.2) is 44.7 Å². The molecule has 6 heteroatoms. The fraction of sp³-hybridized carbons (Fsp3) is 0.389. The van der Waals surface area contributed by atoms with Crippen LogP contribution in [0.25, 0.3) is 11.4 Å². The summed E-state index contributed by atoms with van der Waals surface area (Å²) in [4.78, 5) is 22.5. The Morgan fingerprint density at radius 1 is 1.25 bits per heavy atom. The van der Waals surface area contributed by atoms with Gasteiger partial charge < -0.3 is 15.3 Å². The summed E-state index contributed by atoms with van der Waals surface area (Å²) in [5, 5.41) is 12.7. The molecule has 2 aromatic rings. The van der Waals surface area contributed by atoms with Crippen LogP contribution < -0.4 is 5.32 Å². The van der Waals surface area contributed by atoms with Crippen molar-refractivity contribution in [2.24, 2.45) is 0 Å². The average molecular weight is 328 g/mol. The molecule has 0 aliphatic heterocycles. The number of urea groups is 1. The maximum absolute atomic E-state index is 12.3.